The molecule has 1 aliphatic rings. The van der Waals surface area contributed by atoms with Crippen molar-refractivity contribution in [3.05, 3.63) is 71.9 Å². The van der Waals surface area contributed by atoms with Gasteiger partial charge in [0, 0.05) is 37.1 Å². The average molecular weight is 405 g/mol. The van der Waals surface area contributed by atoms with Crippen molar-refractivity contribution in [1.82, 2.24) is 20.5 Å². The van der Waals surface area contributed by atoms with Crippen LogP contribution in [-0.2, 0) is 6.42 Å². The monoisotopic (exact) mass is 404 g/mol. The summed E-state index contributed by atoms with van der Waals surface area (Å²) in [7, 11) is 0. The van der Waals surface area contributed by atoms with Crippen LogP contribution in [-0.4, -0.2) is 48.0 Å². The van der Waals surface area contributed by atoms with Crippen molar-refractivity contribution in [2.75, 3.05) is 26.2 Å². The number of para-hydroxylation sites is 1. The second-order valence-electron chi connectivity index (χ2n) is 7.90. The van der Waals surface area contributed by atoms with Gasteiger partial charge in [-0.3, -0.25) is 4.79 Å². The predicted octanol–water partition coefficient (Wildman–Crippen LogP) is 3.56. The summed E-state index contributed by atoms with van der Waals surface area (Å²) in [5.41, 5.74) is 2.75. The maximum atomic E-state index is 12.5. The van der Waals surface area contributed by atoms with Crippen LogP contribution in [0.5, 0.6) is 0 Å². The van der Waals surface area contributed by atoms with E-state index in [1.165, 1.54) is 5.56 Å². The zero-order valence-corrected chi connectivity index (χ0v) is 17.1. The Balaban J connectivity index is 1.23. The third kappa shape index (κ3) is 5.00. The summed E-state index contributed by atoms with van der Waals surface area (Å²) in [6, 6.07) is 19.9. The van der Waals surface area contributed by atoms with Crippen molar-refractivity contribution in [3.63, 3.8) is 0 Å². The fourth-order valence-electron chi connectivity index (χ4n) is 4.01. The molecule has 0 bridgehead atoms. The van der Waals surface area contributed by atoms with Gasteiger partial charge in [0.1, 0.15) is 5.69 Å². The molecule has 1 fully saturated rings. The minimum absolute atomic E-state index is 0.0161. The molecule has 6 nitrogen and oxygen atoms in total. The molecule has 0 radical (unpaired) electrons. The van der Waals surface area contributed by atoms with Crippen LogP contribution in [0, 0.1) is 5.92 Å². The fourth-order valence-corrected chi connectivity index (χ4v) is 4.01. The number of urea groups is 1. The fraction of sp³-hybridized carbons (Fsp3) is 0.333. The van der Waals surface area contributed by atoms with Crippen molar-refractivity contribution >= 4 is 22.8 Å². The summed E-state index contributed by atoms with van der Waals surface area (Å²) < 4.78 is 0. The van der Waals surface area contributed by atoms with E-state index in [2.05, 4.69) is 27.8 Å². The van der Waals surface area contributed by atoms with Crippen LogP contribution in [0.4, 0.5) is 4.79 Å². The molecule has 1 atom stereocenters. The first-order chi connectivity index (χ1) is 14.7. The number of rotatable bonds is 6. The highest BCUT2D eigenvalue weighted by atomic mass is 16.2. The molecule has 1 unspecified atom stereocenters. The second-order valence-corrected chi connectivity index (χ2v) is 7.90. The molecule has 156 valence electrons. The normalized spacial score (nSPS) is 16.4. The van der Waals surface area contributed by atoms with Crippen molar-refractivity contribution in [1.29, 1.82) is 0 Å². The van der Waals surface area contributed by atoms with Gasteiger partial charge in [-0.1, -0.05) is 48.5 Å². The van der Waals surface area contributed by atoms with Gasteiger partial charge in [0.25, 0.3) is 5.91 Å². The van der Waals surface area contributed by atoms with Gasteiger partial charge in [-0.15, -0.1) is 0 Å². The summed E-state index contributed by atoms with van der Waals surface area (Å²) in [6.45, 7) is 2.64. The van der Waals surface area contributed by atoms with E-state index in [1.54, 1.807) is 0 Å². The van der Waals surface area contributed by atoms with E-state index in [-0.39, 0.29) is 17.9 Å². The third-order valence-electron chi connectivity index (χ3n) is 5.66. The molecule has 1 saturated heterocycles. The summed E-state index contributed by atoms with van der Waals surface area (Å²) in [6.07, 6.45) is 2.80. The minimum atomic E-state index is -0.101. The minimum Gasteiger partial charge on any atom is -0.351 e. The first-order valence-electron chi connectivity index (χ1n) is 10.6. The van der Waals surface area contributed by atoms with Crippen LogP contribution < -0.4 is 10.6 Å². The molecular formula is C24H28N4O2. The molecule has 1 aromatic heterocycles. The summed E-state index contributed by atoms with van der Waals surface area (Å²) in [5, 5.41) is 7.07. The summed E-state index contributed by atoms with van der Waals surface area (Å²) >= 11 is 0. The van der Waals surface area contributed by atoms with E-state index in [9.17, 15) is 9.59 Å². The number of fused-ring (bicyclic) bond motifs is 1. The van der Waals surface area contributed by atoms with Crippen LogP contribution in [0.2, 0.25) is 0 Å². The molecule has 1 aliphatic heterocycles. The van der Waals surface area contributed by atoms with Crippen molar-refractivity contribution < 1.29 is 9.59 Å². The molecular weight excluding hydrogens is 376 g/mol. The van der Waals surface area contributed by atoms with E-state index in [0.717, 1.165) is 36.7 Å². The number of nitrogens with zero attached hydrogens (tertiary/aromatic N) is 1. The smallest absolute Gasteiger partial charge is 0.317 e. The number of piperidine rings is 1. The number of carbonyl (C=O) groups is 2. The third-order valence-corrected chi connectivity index (χ3v) is 5.66. The number of H-pyrrole nitrogens is 1. The van der Waals surface area contributed by atoms with E-state index in [4.69, 9.17) is 0 Å². The lowest BCUT2D eigenvalue weighted by molar-refractivity contribution is 0.0933. The highest BCUT2D eigenvalue weighted by Crippen LogP contribution is 2.17. The number of carbonyl (C=O) groups excluding carboxylic acids is 2. The van der Waals surface area contributed by atoms with Crippen molar-refractivity contribution in [2.24, 2.45) is 5.92 Å². The Labute approximate surface area is 176 Å². The molecule has 0 spiro atoms. The van der Waals surface area contributed by atoms with Crippen molar-refractivity contribution in [2.45, 2.75) is 19.3 Å². The van der Waals surface area contributed by atoms with E-state index < -0.39 is 0 Å². The van der Waals surface area contributed by atoms with Crippen molar-refractivity contribution in [3.8, 4) is 0 Å². The summed E-state index contributed by atoms with van der Waals surface area (Å²) in [5.74, 6) is 0.169. The SMILES string of the molecule is O=C(NCC1CCCN(C(=O)NCCc2ccccc2)C1)c1cc2ccccc2[nH]1. The molecule has 2 heterocycles. The highest BCUT2D eigenvalue weighted by molar-refractivity contribution is 5.97. The standard InChI is InChI=1S/C24H28N4O2/c29-23(22-15-20-10-4-5-11-21(20)27-22)26-16-19-9-6-14-28(17-19)24(30)25-13-12-18-7-2-1-3-8-18/h1-5,7-8,10-11,15,19,27H,6,9,12-14,16-17H2,(H,25,30)(H,26,29). The molecule has 0 aliphatic carbocycles. The van der Waals surface area contributed by atoms with Crippen LogP contribution >= 0.6 is 0 Å². The van der Waals surface area contributed by atoms with Gasteiger partial charge >= 0.3 is 6.03 Å². The summed E-state index contributed by atoms with van der Waals surface area (Å²) in [4.78, 5) is 30.1. The van der Waals surface area contributed by atoms with E-state index in [0.29, 0.717) is 25.3 Å². The first kappa shape index (κ1) is 20.0. The number of nitrogens with one attached hydrogen (secondary N) is 3. The maximum Gasteiger partial charge on any atom is 0.317 e. The maximum absolute atomic E-state index is 12.5. The highest BCUT2D eigenvalue weighted by Gasteiger charge is 2.24. The van der Waals surface area contributed by atoms with Gasteiger partial charge < -0.3 is 20.5 Å². The molecule has 3 N–H and O–H groups in total. The van der Waals surface area contributed by atoms with E-state index in [1.807, 2.05) is 53.4 Å². The second kappa shape index (κ2) is 9.48. The molecule has 0 saturated carbocycles. The van der Waals surface area contributed by atoms with Crippen LogP contribution in [0.3, 0.4) is 0 Å². The molecule has 2 aromatic carbocycles. The number of amides is 3. The quantitative estimate of drug-likeness (QED) is 0.587. The number of hydrogen-bond acceptors (Lipinski definition) is 2. The number of benzene rings is 2. The Kier molecular flexibility index (Phi) is 6.32. The number of aromatic amines is 1. The lowest BCUT2D eigenvalue weighted by Crippen LogP contribution is -2.48. The molecule has 3 amide bonds. The Morgan fingerprint density at radius 1 is 1.03 bits per heavy atom. The zero-order chi connectivity index (χ0) is 20.8. The van der Waals surface area contributed by atoms with Gasteiger partial charge in [-0.25, -0.2) is 4.79 Å². The first-order valence-corrected chi connectivity index (χ1v) is 10.6. The Bertz CT molecular complexity index is 966. The van der Waals surface area contributed by atoms with E-state index >= 15 is 0 Å². The van der Waals surface area contributed by atoms with Gasteiger partial charge in [-0.05, 0) is 42.9 Å². The molecule has 6 heteroatoms. The van der Waals surface area contributed by atoms with Gasteiger partial charge in [0.15, 0.2) is 0 Å². The van der Waals surface area contributed by atoms with Gasteiger partial charge in [-0.2, -0.15) is 0 Å². The Morgan fingerprint density at radius 2 is 1.83 bits per heavy atom. The lowest BCUT2D eigenvalue weighted by Gasteiger charge is -2.32. The Hall–Kier alpha value is -3.28. The largest absolute Gasteiger partial charge is 0.351 e. The van der Waals surface area contributed by atoms with Gasteiger partial charge in [0.05, 0.1) is 0 Å². The van der Waals surface area contributed by atoms with Crippen LogP contribution in [0.1, 0.15) is 28.9 Å². The average Bonchev–Trinajstić information content (AvgIpc) is 3.23. The molecule has 30 heavy (non-hydrogen) atoms. The Morgan fingerprint density at radius 3 is 2.67 bits per heavy atom. The number of likely N-dealkylation sites (tertiary alicyclic amines) is 1. The van der Waals surface area contributed by atoms with Crippen LogP contribution in [0.15, 0.2) is 60.7 Å². The lowest BCUT2D eigenvalue weighted by atomic mass is 9.98. The van der Waals surface area contributed by atoms with Crippen LogP contribution in [0.25, 0.3) is 10.9 Å². The molecule has 3 aromatic rings. The predicted molar refractivity (Wildman–Crippen MR) is 118 cm³/mol. The van der Waals surface area contributed by atoms with Gasteiger partial charge in [0.2, 0.25) is 0 Å². The number of aromatic nitrogens is 1. The topological polar surface area (TPSA) is 77.2 Å². The number of hydrogen-bond donors (Lipinski definition) is 3. The molecule has 4 rings (SSSR count). The zero-order valence-electron chi connectivity index (χ0n) is 17.1.